The molecule has 0 saturated carbocycles. The van der Waals surface area contributed by atoms with Gasteiger partial charge in [-0.15, -0.1) is 11.3 Å². The third-order valence-electron chi connectivity index (χ3n) is 2.60. The number of anilines is 1. The second-order valence-corrected chi connectivity index (χ2v) is 6.25. The second kappa shape index (κ2) is 4.53. The van der Waals surface area contributed by atoms with Crippen LogP contribution < -0.4 is 5.73 Å². The van der Waals surface area contributed by atoms with Gasteiger partial charge in [-0.3, -0.25) is 0 Å². The minimum Gasteiger partial charge on any atom is -0.398 e. The van der Waals surface area contributed by atoms with E-state index in [1.807, 2.05) is 36.4 Å². The third-order valence-corrected chi connectivity index (χ3v) is 4.38. The lowest BCUT2D eigenvalue weighted by molar-refractivity contribution is 1.47. The van der Waals surface area contributed by atoms with Crippen molar-refractivity contribution >= 4 is 54.8 Å². The van der Waals surface area contributed by atoms with Crippen LogP contribution in [0.3, 0.4) is 0 Å². The van der Waals surface area contributed by atoms with Crippen molar-refractivity contribution in [2.75, 3.05) is 5.73 Å². The van der Waals surface area contributed by atoms with Gasteiger partial charge in [-0.2, -0.15) is 0 Å². The van der Waals surface area contributed by atoms with E-state index in [9.17, 15) is 0 Å². The number of aromatic nitrogens is 1. The van der Waals surface area contributed by atoms with Crippen molar-refractivity contribution in [1.29, 1.82) is 0 Å². The maximum Gasteiger partial charge on any atom is 0.126 e. The topological polar surface area (TPSA) is 38.9 Å². The van der Waals surface area contributed by atoms with Crippen LogP contribution in [-0.2, 0) is 0 Å². The van der Waals surface area contributed by atoms with Crippen molar-refractivity contribution in [1.82, 2.24) is 4.98 Å². The molecule has 0 bridgehead atoms. The molecule has 3 aromatic rings. The summed E-state index contributed by atoms with van der Waals surface area (Å²) in [6, 6.07) is 11.5. The van der Waals surface area contributed by atoms with Gasteiger partial charge < -0.3 is 5.73 Å². The molecule has 1 heterocycles. The Morgan fingerprint density at radius 3 is 2.83 bits per heavy atom. The summed E-state index contributed by atoms with van der Waals surface area (Å²) >= 11 is 11.0. The first-order chi connectivity index (χ1) is 8.63. The lowest BCUT2D eigenvalue weighted by atomic mass is 10.2. The molecule has 90 valence electrons. The van der Waals surface area contributed by atoms with Gasteiger partial charge in [-0.05, 0) is 36.4 Å². The van der Waals surface area contributed by atoms with E-state index >= 15 is 0 Å². The van der Waals surface area contributed by atoms with Gasteiger partial charge in [-0.25, -0.2) is 4.98 Å². The highest BCUT2D eigenvalue weighted by Gasteiger charge is 2.10. The number of benzene rings is 2. The highest BCUT2D eigenvalue weighted by Crippen LogP contribution is 2.35. The van der Waals surface area contributed by atoms with Gasteiger partial charge >= 0.3 is 0 Å². The van der Waals surface area contributed by atoms with E-state index in [0.29, 0.717) is 0 Å². The van der Waals surface area contributed by atoms with Crippen molar-refractivity contribution in [2.24, 2.45) is 0 Å². The first-order valence-electron chi connectivity index (χ1n) is 5.25. The number of hydrogen-bond acceptors (Lipinski definition) is 3. The van der Waals surface area contributed by atoms with Crippen molar-refractivity contribution in [2.45, 2.75) is 0 Å². The number of halogens is 2. The first kappa shape index (κ1) is 12.0. The number of nitrogens with two attached hydrogens (primary N) is 1. The van der Waals surface area contributed by atoms with Gasteiger partial charge in [0.1, 0.15) is 5.01 Å². The molecule has 0 aliphatic heterocycles. The molecule has 2 nitrogen and oxygen atoms in total. The van der Waals surface area contributed by atoms with Gasteiger partial charge in [0.25, 0.3) is 0 Å². The molecular weight excluding hydrogens is 332 g/mol. The molecule has 0 aliphatic carbocycles. The molecule has 0 fully saturated rings. The highest BCUT2D eigenvalue weighted by atomic mass is 79.9. The van der Waals surface area contributed by atoms with Crippen LogP contribution in [0.5, 0.6) is 0 Å². The Labute approximate surface area is 122 Å². The van der Waals surface area contributed by atoms with Crippen LogP contribution in [0.1, 0.15) is 0 Å². The van der Waals surface area contributed by atoms with E-state index in [4.69, 9.17) is 17.3 Å². The fourth-order valence-corrected chi connectivity index (χ4v) is 3.37. The summed E-state index contributed by atoms with van der Waals surface area (Å²) in [6.07, 6.45) is 0. The van der Waals surface area contributed by atoms with Crippen LogP contribution in [0.25, 0.3) is 20.8 Å². The molecule has 1 aromatic heterocycles. The summed E-state index contributed by atoms with van der Waals surface area (Å²) in [7, 11) is 0. The fourth-order valence-electron chi connectivity index (χ4n) is 1.73. The van der Waals surface area contributed by atoms with Gasteiger partial charge in [-0.1, -0.05) is 27.5 Å². The van der Waals surface area contributed by atoms with Crippen LogP contribution in [0.15, 0.2) is 40.9 Å². The molecule has 0 unspecified atom stereocenters. The van der Waals surface area contributed by atoms with E-state index < -0.39 is 0 Å². The Morgan fingerprint density at radius 2 is 2.00 bits per heavy atom. The molecule has 0 spiro atoms. The van der Waals surface area contributed by atoms with Gasteiger partial charge in [0.2, 0.25) is 0 Å². The molecule has 3 rings (SSSR count). The molecule has 5 heteroatoms. The van der Waals surface area contributed by atoms with Crippen molar-refractivity contribution < 1.29 is 0 Å². The number of hydrogen-bond donors (Lipinski definition) is 1. The van der Waals surface area contributed by atoms with Crippen molar-refractivity contribution in [3.8, 4) is 10.6 Å². The summed E-state index contributed by atoms with van der Waals surface area (Å²) in [5, 5.41) is 1.63. The minimum absolute atomic E-state index is 0.722. The van der Waals surface area contributed by atoms with Gasteiger partial charge in [0, 0.05) is 20.7 Å². The zero-order valence-electron chi connectivity index (χ0n) is 9.15. The van der Waals surface area contributed by atoms with E-state index in [1.165, 1.54) is 0 Å². The van der Waals surface area contributed by atoms with E-state index in [-0.39, 0.29) is 0 Å². The number of nitrogens with zero attached hydrogens (tertiary/aromatic N) is 1. The standard InChI is InChI=1S/C13H8BrClN2S/c14-7-1-3-10(16)9(5-7)13-17-11-4-2-8(15)6-12(11)18-13/h1-6H,16H2. The second-order valence-electron chi connectivity index (χ2n) is 3.86. The fraction of sp³-hybridized carbons (Fsp3) is 0. The Balaban J connectivity index is 2.22. The number of fused-ring (bicyclic) bond motifs is 1. The summed E-state index contributed by atoms with van der Waals surface area (Å²) in [6.45, 7) is 0. The Bertz CT molecular complexity index is 739. The average molecular weight is 340 g/mol. The smallest absolute Gasteiger partial charge is 0.126 e. The number of nitrogen functional groups attached to an aromatic ring is 1. The maximum absolute atomic E-state index is 5.99. The highest BCUT2D eigenvalue weighted by molar-refractivity contribution is 9.10. The number of rotatable bonds is 1. The lowest BCUT2D eigenvalue weighted by Crippen LogP contribution is -1.88. The summed E-state index contributed by atoms with van der Waals surface area (Å²) in [4.78, 5) is 4.59. The molecule has 18 heavy (non-hydrogen) atoms. The molecule has 0 saturated heterocycles. The molecule has 2 N–H and O–H groups in total. The molecule has 0 atom stereocenters. The van der Waals surface area contributed by atoms with Gasteiger partial charge in [0.05, 0.1) is 10.2 Å². The Hall–Kier alpha value is -1.10. The van der Waals surface area contributed by atoms with Crippen molar-refractivity contribution in [3.63, 3.8) is 0 Å². The zero-order valence-corrected chi connectivity index (χ0v) is 12.3. The van der Waals surface area contributed by atoms with E-state index in [2.05, 4.69) is 20.9 Å². The monoisotopic (exact) mass is 338 g/mol. The Kier molecular flexibility index (Phi) is 3.01. The predicted molar refractivity (Wildman–Crippen MR) is 82.2 cm³/mol. The van der Waals surface area contributed by atoms with Crippen LogP contribution >= 0.6 is 38.9 Å². The van der Waals surface area contributed by atoms with Crippen LogP contribution in [0.2, 0.25) is 5.02 Å². The summed E-state index contributed by atoms with van der Waals surface area (Å²) in [5.74, 6) is 0. The largest absolute Gasteiger partial charge is 0.398 e. The van der Waals surface area contributed by atoms with Crippen LogP contribution in [-0.4, -0.2) is 4.98 Å². The molecule has 0 aliphatic rings. The van der Waals surface area contributed by atoms with E-state index in [0.717, 1.165) is 36.0 Å². The molecule has 0 radical (unpaired) electrons. The van der Waals surface area contributed by atoms with Gasteiger partial charge in [0.15, 0.2) is 0 Å². The molecule has 0 amide bonds. The quantitative estimate of drug-likeness (QED) is 0.636. The van der Waals surface area contributed by atoms with Crippen LogP contribution in [0, 0.1) is 0 Å². The number of thiazole rings is 1. The first-order valence-corrected chi connectivity index (χ1v) is 7.24. The SMILES string of the molecule is Nc1ccc(Br)cc1-c1nc2ccc(Cl)cc2s1. The normalized spacial score (nSPS) is 11.0. The molecular formula is C13H8BrClN2S. The molecule has 2 aromatic carbocycles. The third kappa shape index (κ3) is 2.11. The lowest BCUT2D eigenvalue weighted by Gasteiger charge is -2.01. The predicted octanol–water partition coefficient (Wildman–Crippen LogP) is 4.96. The summed E-state index contributed by atoms with van der Waals surface area (Å²) < 4.78 is 2.06. The van der Waals surface area contributed by atoms with E-state index in [1.54, 1.807) is 11.3 Å². The minimum atomic E-state index is 0.722. The zero-order chi connectivity index (χ0) is 12.7. The van der Waals surface area contributed by atoms with Crippen LogP contribution in [0.4, 0.5) is 5.69 Å². The Morgan fingerprint density at radius 1 is 1.17 bits per heavy atom. The summed E-state index contributed by atoms with van der Waals surface area (Å²) in [5.41, 5.74) is 8.61. The maximum atomic E-state index is 5.99. The average Bonchev–Trinajstić information content (AvgIpc) is 2.74. The van der Waals surface area contributed by atoms with Crippen molar-refractivity contribution in [3.05, 3.63) is 45.9 Å².